The molecule has 1 aromatic heterocycles. The number of hydrogen-bond donors (Lipinski definition) is 1. The van der Waals surface area contributed by atoms with Gasteiger partial charge in [-0.15, -0.1) is 11.8 Å². The van der Waals surface area contributed by atoms with Crippen LogP contribution in [0.2, 0.25) is 0 Å². The van der Waals surface area contributed by atoms with Gasteiger partial charge in [-0.3, -0.25) is 9.78 Å². The van der Waals surface area contributed by atoms with Crippen molar-refractivity contribution in [1.82, 2.24) is 10.3 Å². The number of aromatic nitrogens is 1. The number of hydrogen-bond acceptors (Lipinski definition) is 3. The van der Waals surface area contributed by atoms with E-state index >= 15 is 0 Å². The molecule has 1 aromatic carbocycles. The van der Waals surface area contributed by atoms with Crippen LogP contribution in [0.4, 0.5) is 0 Å². The van der Waals surface area contributed by atoms with E-state index in [-0.39, 0.29) is 5.91 Å². The molecule has 104 valence electrons. The quantitative estimate of drug-likeness (QED) is 0.855. The summed E-state index contributed by atoms with van der Waals surface area (Å²) >= 11 is 1.83. The predicted octanol–water partition coefficient (Wildman–Crippen LogP) is 3.51. The van der Waals surface area contributed by atoms with Gasteiger partial charge >= 0.3 is 0 Å². The Kier molecular flexibility index (Phi) is 5.18. The third kappa shape index (κ3) is 4.38. The first-order valence-electron chi connectivity index (χ1n) is 6.60. The summed E-state index contributed by atoms with van der Waals surface area (Å²) in [6.45, 7) is 4.86. The van der Waals surface area contributed by atoms with Gasteiger partial charge < -0.3 is 5.32 Å². The summed E-state index contributed by atoms with van der Waals surface area (Å²) < 4.78 is 0. The lowest BCUT2D eigenvalue weighted by Crippen LogP contribution is -2.23. The van der Waals surface area contributed by atoms with E-state index in [2.05, 4.69) is 36.3 Å². The number of amides is 1. The number of carbonyl (C=O) groups is 1. The lowest BCUT2D eigenvalue weighted by atomic mass is 10.2. The van der Waals surface area contributed by atoms with Gasteiger partial charge in [0.25, 0.3) is 5.91 Å². The van der Waals surface area contributed by atoms with Crippen molar-refractivity contribution in [2.45, 2.75) is 30.5 Å². The molecule has 0 aliphatic carbocycles. The number of carbonyl (C=O) groups excluding carboxylic acids is 1. The minimum absolute atomic E-state index is 0.147. The molecule has 1 amide bonds. The second kappa shape index (κ2) is 7.10. The minimum Gasteiger partial charge on any atom is -0.347 e. The molecule has 0 atom stereocenters. The van der Waals surface area contributed by atoms with Crippen LogP contribution in [0.25, 0.3) is 0 Å². The fourth-order valence-electron chi connectivity index (χ4n) is 1.73. The number of nitrogens with one attached hydrogen (secondary N) is 1. The number of nitrogens with zero attached hydrogens (tertiary/aromatic N) is 1. The zero-order chi connectivity index (χ0) is 14.4. The van der Waals surface area contributed by atoms with E-state index in [0.717, 1.165) is 5.56 Å². The Bertz CT molecular complexity index is 552. The molecule has 0 unspecified atom stereocenters. The number of pyridine rings is 1. The van der Waals surface area contributed by atoms with Crippen molar-refractivity contribution in [1.29, 1.82) is 0 Å². The molecule has 1 N–H and O–H groups in total. The zero-order valence-corrected chi connectivity index (χ0v) is 12.5. The highest BCUT2D eigenvalue weighted by Gasteiger charge is 2.05. The predicted molar refractivity (Wildman–Crippen MR) is 82.8 cm³/mol. The Morgan fingerprint density at radius 2 is 1.95 bits per heavy atom. The van der Waals surface area contributed by atoms with E-state index in [1.54, 1.807) is 24.4 Å². The fraction of sp³-hybridized carbons (Fsp3) is 0.250. The Morgan fingerprint density at radius 3 is 2.55 bits per heavy atom. The minimum atomic E-state index is -0.147. The van der Waals surface area contributed by atoms with E-state index < -0.39 is 0 Å². The van der Waals surface area contributed by atoms with Gasteiger partial charge in [-0.2, -0.15) is 0 Å². The van der Waals surface area contributed by atoms with Crippen LogP contribution < -0.4 is 5.32 Å². The standard InChI is InChI=1S/C16H18N2OS/c1-12(2)20-14-8-6-13(7-9-14)11-18-16(19)15-5-3-4-10-17-15/h3-10,12H,11H2,1-2H3,(H,18,19). The first-order valence-corrected chi connectivity index (χ1v) is 7.48. The Hall–Kier alpha value is -1.81. The smallest absolute Gasteiger partial charge is 0.270 e. The van der Waals surface area contributed by atoms with Crippen LogP contribution in [0, 0.1) is 0 Å². The first kappa shape index (κ1) is 14.6. The summed E-state index contributed by atoms with van der Waals surface area (Å²) in [6, 6.07) is 13.6. The van der Waals surface area contributed by atoms with E-state index in [9.17, 15) is 4.79 Å². The molecule has 3 nitrogen and oxygen atoms in total. The third-order valence-electron chi connectivity index (χ3n) is 2.65. The van der Waals surface area contributed by atoms with Gasteiger partial charge in [-0.1, -0.05) is 32.0 Å². The van der Waals surface area contributed by atoms with Crippen LogP contribution in [0.5, 0.6) is 0 Å². The third-order valence-corrected chi connectivity index (χ3v) is 3.66. The van der Waals surface area contributed by atoms with Gasteiger partial charge in [0, 0.05) is 22.9 Å². The maximum absolute atomic E-state index is 11.9. The molecule has 2 rings (SSSR count). The van der Waals surface area contributed by atoms with Crippen LogP contribution in [0.1, 0.15) is 29.9 Å². The Morgan fingerprint density at radius 1 is 1.20 bits per heavy atom. The highest BCUT2D eigenvalue weighted by Crippen LogP contribution is 2.22. The summed E-state index contributed by atoms with van der Waals surface area (Å²) in [5.74, 6) is -0.147. The fourth-order valence-corrected chi connectivity index (χ4v) is 2.57. The normalized spacial score (nSPS) is 10.6. The summed E-state index contributed by atoms with van der Waals surface area (Å²) in [5, 5.41) is 3.44. The largest absolute Gasteiger partial charge is 0.347 e. The number of benzene rings is 1. The molecule has 2 aromatic rings. The summed E-state index contributed by atoms with van der Waals surface area (Å²) in [7, 11) is 0. The van der Waals surface area contributed by atoms with Gasteiger partial charge in [-0.05, 0) is 29.8 Å². The van der Waals surface area contributed by atoms with Crippen LogP contribution in [-0.4, -0.2) is 16.1 Å². The average Bonchev–Trinajstić information content (AvgIpc) is 2.46. The molecule has 1 heterocycles. The van der Waals surface area contributed by atoms with Gasteiger partial charge in [0.1, 0.15) is 5.69 Å². The van der Waals surface area contributed by atoms with Gasteiger partial charge in [0.2, 0.25) is 0 Å². The van der Waals surface area contributed by atoms with Gasteiger partial charge in [0.05, 0.1) is 0 Å². The monoisotopic (exact) mass is 286 g/mol. The zero-order valence-electron chi connectivity index (χ0n) is 11.7. The summed E-state index contributed by atoms with van der Waals surface area (Å²) in [5.41, 5.74) is 1.53. The van der Waals surface area contributed by atoms with Crippen molar-refractivity contribution in [2.24, 2.45) is 0 Å². The maximum Gasteiger partial charge on any atom is 0.270 e. The lowest BCUT2D eigenvalue weighted by molar-refractivity contribution is 0.0946. The maximum atomic E-state index is 11.9. The molecule has 0 spiro atoms. The van der Waals surface area contributed by atoms with Crippen molar-refractivity contribution in [3.05, 3.63) is 59.9 Å². The summed E-state index contributed by atoms with van der Waals surface area (Å²) in [6.07, 6.45) is 1.62. The molecular formula is C16H18N2OS. The molecule has 4 heteroatoms. The molecule has 0 aliphatic heterocycles. The molecule has 0 radical (unpaired) electrons. The van der Waals surface area contributed by atoms with E-state index in [0.29, 0.717) is 17.5 Å². The van der Waals surface area contributed by atoms with Crippen LogP contribution in [-0.2, 0) is 6.54 Å². The Balaban J connectivity index is 1.89. The van der Waals surface area contributed by atoms with E-state index in [1.807, 2.05) is 23.9 Å². The molecule has 0 saturated heterocycles. The highest BCUT2D eigenvalue weighted by atomic mass is 32.2. The van der Waals surface area contributed by atoms with E-state index in [4.69, 9.17) is 0 Å². The molecule has 0 aliphatic rings. The van der Waals surface area contributed by atoms with Crippen molar-refractivity contribution < 1.29 is 4.79 Å². The van der Waals surface area contributed by atoms with Gasteiger partial charge in [0.15, 0.2) is 0 Å². The second-order valence-electron chi connectivity index (χ2n) is 4.71. The van der Waals surface area contributed by atoms with Crippen molar-refractivity contribution >= 4 is 17.7 Å². The number of rotatable bonds is 5. The highest BCUT2D eigenvalue weighted by molar-refractivity contribution is 7.99. The molecule has 20 heavy (non-hydrogen) atoms. The van der Waals surface area contributed by atoms with Crippen LogP contribution in [0.15, 0.2) is 53.6 Å². The average molecular weight is 286 g/mol. The molecule has 0 fully saturated rings. The van der Waals surface area contributed by atoms with Gasteiger partial charge in [-0.25, -0.2) is 0 Å². The molecular weight excluding hydrogens is 268 g/mol. The molecule has 0 saturated carbocycles. The van der Waals surface area contributed by atoms with Crippen molar-refractivity contribution in [3.8, 4) is 0 Å². The Labute approximate surface area is 123 Å². The SMILES string of the molecule is CC(C)Sc1ccc(CNC(=O)c2ccccn2)cc1. The number of thioether (sulfide) groups is 1. The topological polar surface area (TPSA) is 42.0 Å². The van der Waals surface area contributed by atoms with E-state index in [1.165, 1.54) is 4.90 Å². The van der Waals surface area contributed by atoms with Crippen LogP contribution >= 0.6 is 11.8 Å². The van der Waals surface area contributed by atoms with Crippen LogP contribution in [0.3, 0.4) is 0 Å². The second-order valence-corrected chi connectivity index (χ2v) is 6.36. The lowest BCUT2D eigenvalue weighted by Gasteiger charge is -2.07. The molecule has 0 bridgehead atoms. The van der Waals surface area contributed by atoms with Crippen molar-refractivity contribution in [2.75, 3.05) is 0 Å². The summed E-state index contributed by atoms with van der Waals surface area (Å²) in [4.78, 5) is 17.1. The first-order chi connectivity index (χ1) is 9.65. The van der Waals surface area contributed by atoms with Crippen molar-refractivity contribution in [3.63, 3.8) is 0 Å².